The minimum Gasteiger partial charge on any atom is -0.490 e. The molecule has 3 N–H and O–H groups in total. The number of aliphatic hydroxyl groups excluding tert-OH is 1. The van der Waals surface area contributed by atoms with Crippen LogP contribution in [0, 0.1) is 11.7 Å². The Bertz CT molecular complexity index is 1310. The summed E-state index contributed by atoms with van der Waals surface area (Å²) in [5.41, 5.74) is 1.25. The van der Waals surface area contributed by atoms with Gasteiger partial charge in [0.25, 0.3) is 5.91 Å². The van der Waals surface area contributed by atoms with Gasteiger partial charge in [-0.05, 0) is 103 Å². The zero-order chi connectivity index (χ0) is 34.5. The maximum Gasteiger partial charge on any atom is 0.321 e. The van der Waals surface area contributed by atoms with E-state index < -0.39 is 18.0 Å². The number of nitrogens with one attached hydrogen (secondary N) is 2. The van der Waals surface area contributed by atoms with Crippen LogP contribution in [-0.2, 0) is 9.53 Å². The van der Waals surface area contributed by atoms with Gasteiger partial charge >= 0.3 is 6.03 Å². The molecule has 0 saturated carbocycles. The van der Waals surface area contributed by atoms with Crippen molar-refractivity contribution < 1.29 is 33.4 Å². The molecule has 0 fully saturated rings. The van der Waals surface area contributed by atoms with Crippen molar-refractivity contribution in [2.45, 2.75) is 71.1 Å². The van der Waals surface area contributed by atoms with E-state index in [2.05, 4.69) is 10.6 Å². The summed E-state index contributed by atoms with van der Waals surface area (Å²) in [6, 6.07) is 9.73. The number of hydrogen-bond donors (Lipinski definition) is 3. The molecule has 4 amide bonds. The van der Waals surface area contributed by atoms with E-state index in [1.165, 1.54) is 29.2 Å². The molecule has 3 rings (SSSR count). The number of urea groups is 1. The van der Waals surface area contributed by atoms with Crippen LogP contribution in [-0.4, -0.2) is 110 Å². The Balaban J connectivity index is 1.86. The Morgan fingerprint density at radius 1 is 1.06 bits per heavy atom. The lowest BCUT2D eigenvalue weighted by Gasteiger charge is -2.35. The molecule has 0 aliphatic carbocycles. The zero-order valence-corrected chi connectivity index (χ0v) is 28.6. The molecular weight excluding hydrogens is 605 g/mol. The monoisotopic (exact) mass is 657 g/mol. The van der Waals surface area contributed by atoms with Crippen LogP contribution in [0.5, 0.6) is 5.75 Å². The Hall–Kier alpha value is -3.74. The number of halogens is 1. The molecular formula is C35H52FN5O6. The first-order valence-corrected chi connectivity index (χ1v) is 16.4. The van der Waals surface area contributed by atoms with Crippen LogP contribution in [0.25, 0.3) is 0 Å². The molecule has 1 aliphatic rings. The van der Waals surface area contributed by atoms with Crippen molar-refractivity contribution in [2.75, 3.05) is 64.6 Å². The van der Waals surface area contributed by atoms with Crippen molar-refractivity contribution in [2.24, 2.45) is 5.92 Å². The van der Waals surface area contributed by atoms with E-state index in [0.717, 1.165) is 25.8 Å². The Kier molecular flexibility index (Phi) is 14.9. The fourth-order valence-electron chi connectivity index (χ4n) is 5.35. The Morgan fingerprint density at radius 3 is 2.45 bits per heavy atom. The number of rotatable bonds is 10. The number of ether oxygens (including phenoxy) is 2. The largest absolute Gasteiger partial charge is 0.490 e. The lowest BCUT2D eigenvalue weighted by molar-refractivity contribution is -0.116. The predicted molar refractivity (Wildman–Crippen MR) is 181 cm³/mol. The molecule has 47 heavy (non-hydrogen) atoms. The summed E-state index contributed by atoms with van der Waals surface area (Å²) >= 11 is 0. The van der Waals surface area contributed by atoms with Crippen molar-refractivity contribution in [3.63, 3.8) is 0 Å². The predicted octanol–water partition coefficient (Wildman–Crippen LogP) is 5.07. The number of fused-ring (bicyclic) bond motifs is 1. The second kappa shape index (κ2) is 18.6. The number of carbonyl (C=O) groups excluding carboxylic acids is 3. The number of amides is 4. The molecule has 0 bridgehead atoms. The number of anilines is 2. The highest BCUT2D eigenvalue weighted by molar-refractivity contribution is 5.99. The average Bonchev–Trinajstić information content (AvgIpc) is 3.03. The number of nitrogens with zero attached hydrogens (tertiary/aromatic N) is 3. The maximum absolute atomic E-state index is 14.3. The maximum atomic E-state index is 14.3. The van der Waals surface area contributed by atoms with E-state index in [1.54, 1.807) is 37.1 Å². The van der Waals surface area contributed by atoms with Crippen LogP contribution in [0.4, 0.5) is 20.6 Å². The van der Waals surface area contributed by atoms with Gasteiger partial charge in [0.1, 0.15) is 11.6 Å². The van der Waals surface area contributed by atoms with Crippen LogP contribution in [0.3, 0.4) is 0 Å². The molecule has 2 aromatic rings. The van der Waals surface area contributed by atoms with Crippen molar-refractivity contribution >= 4 is 29.2 Å². The normalized spacial score (nSPS) is 20.1. The van der Waals surface area contributed by atoms with Gasteiger partial charge in [-0.3, -0.25) is 9.59 Å². The molecule has 0 spiro atoms. The summed E-state index contributed by atoms with van der Waals surface area (Å²) in [7, 11) is 5.57. The van der Waals surface area contributed by atoms with Crippen LogP contribution < -0.4 is 15.4 Å². The zero-order valence-electron chi connectivity index (χ0n) is 28.6. The molecule has 12 heteroatoms. The van der Waals surface area contributed by atoms with E-state index in [9.17, 15) is 23.9 Å². The van der Waals surface area contributed by atoms with Gasteiger partial charge in [-0.15, -0.1) is 0 Å². The third-order valence-electron chi connectivity index (χ3n) is 8.24. The second-order valence-corrected chi connectivity index (χ2v) is 12.8. The van der Waals surface area contributed by atoms with Crippen molar-refractivity contribution in [1.29, 1.82) is 0 Å². The van der Waals surface area contributed by atoms with Crippen molar-refractivity contribution in [3.05, 3.63) is 53.8 Å². The standard InChI is InChI=1S/C35H52FN5O6/c1-24-21-41(25(2)23-42)34(44)30-20-29(37-33(43)11-9-18-39(4)5)16-17-31(30)47-26(3)10-7-8-19-46-32(24)22-40(6)35(45)38-28-14-12-27(36)13-15-28/h12-17,20,24-26,32,42H,7-11,18-19,21-23H2,1-6H3,(H,37,43)(H,38,45)/t24-,25+,26-,32-/m1/s1. The summed E-state index contributed by atoms with van der Waals surface area (Å²) in [4.78, 5) is 45.1. The third-order valence-corrected chi connectivity index (χ3v) is 8.24. The SMILES string of the molecule is C[C@@H]1CCCCO[C@H](CN(C)C(=O)Nc2ccc(F)cc2)[C@H](C)CN([C@@H](C)CO)C(=O)c2cc(NC(=O)CCCN(C)C)ccc2O1. The summed E-state index contributed by atoms with van der Waals surface area (Å²) in [5.74, 6) is -0.703. The summed E-state index contributed by atoms with van der Waals surface area (Å²) in [5, 5.41) is 15.9. The van der Waals surface area contributed by atoms with Crippen LogP contribution in [0.2, 0.25) is 0 Å². The first-order valence-electron chi connectivity index (χ1n) is 16.4. The summed E-state index contributed by atoms with van der Waals surface area (Å²) in [6.07, 6.45) is 2.79. The van der Waals surface area contributed by atoms with E-state index >= 15 is 0 Å². The molecule has 11 nitrogen and oxygen atoms in total. The molecule has 0 unspecified atom stereocenters. The number of benzene rings is 2. The highest BCUT2D eigenvalue weighted by atomic mass is 19.1. The van der Waals surface area contributed by atoms with Gasteiger partial charge in [0.15, 0.2) is 0 Å². The van der Waals surface area contributed by atoms with Crippen molar-refractivity contribution in [1.82, 2.24) is 14.7 Å². The van der Waals surface area contributed by atoms with E-state index in [4.69, 9.17) is 9.47 Å². The molecule has 4 atom stereocenters. The topological polar surface area (TPSA) is 124 Å². The number of carbonyl (C=O) groups is 3. The molecule has 0 saturated heterocycles. The van der Waals surface area contributed by atoms with Gasteiger partial charge in [-0.1, -0.05) is 6.92 Å². The minimum absolute atomic E-state index is 0.142. The molecule has 2 aromatic carbocycles. The smallest absolute Gasteiger partial charge is 0.321 e. The highest BCUT2D eigenvalue weighted by Crippen LogP contribution is 2.28. The Morgan fingerprint density at radius 2 is 1.77 bits per heavy atom. The van der Waals surface area contributed by atoms with Crippen LogP contribution in [0.1, 0.15) is 63.2 Å². The summed E-state index contributed by atoms with van der Waals surface area (Å²) < 4.78 is 25.9. The lowest BCUT2D eigenvalue weighted by atomic mass is 10.0. The number of likely N-dealkylation sites (N-methyl/N-ethyl adjacent to an activating group) is 1. The van der Waals surface area contributed by atoms with Gasteiger partial charge in [-0.25, -0.2) is 9.18 Å². The minimum atomic E-state index is -0.535. The molecule has 260 valence electrons. The van der Waals surface area contributed by atoms with E-state index in [-0.39, 0.29) is 49.6 Å². The fourth-order valence-corrected chi connectivity index (χ4v) is 5.35. The van der Waals surface area contributed by atoms with Gasteiger partial charge in [-0.2, -0.15) is 0 Å². The first kappa shape index (κ1) is 37.7. The molecule has 1 heterocycles. The highest BCUT2D eigenvalue weighted by Gasteiger charge is 2.31. The number of hydrogen-bond acceptors (Lipinski definition) is 7. The third kappa shape index (κ3) is 12.1. The molecule has 0 radical (unpaired) electrons. The fraction of sp³-hybridized carbons (Fsp3) is 0.571. The lowest BCUT2D eigenvalue weighted by Crippen LogP contribution is -2.48. The second-order valence-electron chi connectivity index (χ2n) is 12.8. The van der Waals surface area contributed by atoms with Gasteiger partial charge in [0, 0.05) is 50.5 Å². The average molecular weight is 658 g/mol. The van der Waals surface area contributed by atoms with Crippen LogP contribution >= 0.6 is 0 Å². The van der Waals surface area contributed by atoms with Crippen LogP contribution in [0.15, 0.2) is 42.5 Å². The summed E-state index contributed by atoms with van der Waals surface area (Å²) in [6.45, 7) is 7.13. The Labute approximate surface area is 278 Å². The molecule has 0 aromatic heterocycles. The van der Waals surface area contributed by atoms with Gasteiger partial charge in [0.05, 0.1) is 30.4 Å². The van der Waals surface area contributed by atoms with E-state index in [0.29, 0.717) is 42.1 Å². The number of aliphatic hydroxyl groups is 1. The molecule has 1 aliphatic heterocycles. The van der Waals surface area contributed by atoms with Gasteiger partial charge in [0.2, 0.25) is 5.91 Å². The quantitative estimate of drug-likeness (QED) is 0.326. The van der Waals surface area contributed by atoms with Crippen molar-refractivity contribution in [3.8, 4) is 5.75 Å². The first-order chi connectivity index (χ1) is 22.4. The van der Waals surface area contributed by atoms with Gasteiger partial charge < -0.3 is 39.9 Å². The van der Waals surface area contributed by atoms with E-state index in [1.807, 2.05) is 32.8 Å².